The molecule has 0 radical (unpaired) electrons. The Kier molecular flexibility index (Phi) is 4.61. The zero-order chi connectivity index (χ0) is 13.7. The summed E-state index contributed by atoms with van der Waals surface area (Å²) in [5.41, 5.74) is 0.123. The van der Waals surface area contributed by atoms with E-state index in [1.165, 1.54) is 0 Å². The molecule has 0 bridgehead atoms. The van der Waals surface area contributed by atoms with Gasteiger partial charge in [-0.1, -0.05) is 6.92 Å². The van der Waals surface area contributed by atoms with Crippen LogP contribution in [0.15, 0.2) is 18.3 Å². The number of ether oxygens (including phenoxy) is 1. The zero-order valence-electron chi connectivity index (χ0n) is 11.4. The molecular weight excluding hydrogens is 244 g/mol. The summed E-state index contributed by atoms with van der Waals surface area (Å²) in [6.45, 7) is 4.02. The van der Waals surface area contributed by atoms with E-state index in [1.54, 1.807) is 0 Å². The Morgan fingerprint density at radius 1 is 1.53 bits per heavy atom. The summed E-state index contributed by atoms with van der Waals surface area (Å²) in [5.74, 6) is -0.116. The summed E-state index contributed by atoms with van der Waals surface area (Å²) >= 11 is 0. The molecule has 2 rings (SSSR count). The summed E-state index contributed by atoms with van der Waals surface area (Å²) < 4.78 is 7.24. The number of nitrogens with zero attached hydrogens (tertiary/aromatic N) is 1. The van der Waals surface area contributed by atoms with E-state index in [0.29, 0.717) is 31.7 Å². The van der Waals surface area contributed by atoms with E-state index in [1.807, 2.05) is 22.9 Å². The molecule has 0 aliphatic carbocycles. The molecule has 0 unspecified atom stereocenters. The van der Waals surface area contributed by atoms with Crippen molar-refractivity contribution in [1.29, 1.82) is 0 Å². The largest absolute Gasteiger partial charge is 0.394 e. The summed E-state index contributed by atoms with van der Waals surface area (Å²) in [4.78, 5) is 12.3. The van der Waals surface area contributed by atoms with Crippen LogP contribution in [0.4, 0.5) is 0 Å². The highest BCUT2D eigenvalue weighted by atomic mass is 16.5. The molecule has 0 saturated carbocycles. The molecule has 1 saturated heterocycles. The van der Waals surface area contributed by atoms with E-state index >= 15 is 0 Å². The Hall–Kier alpha value is -1.33. The number of rotatable bonds is 5. The quantitative estimate of drug-likeness (QED) is 0.841. The van der Waals surface area contributed by atoms with Crippen molar-refractivity contribution < 1.29 is 14.6 Å². The number of aromatic nitrogens is 1. The summed E-state index contributed by atoms with van der Waals surface area (Å²) in [5, 5.41) is 12.6. The van der Waals surface area contributed by atoms with Gasteiger partial charge in [-0.05, 0) is 31.4 Å². The predicted molar refractivity (Wildman–Crippen MR) is 72.1 cm³/mol. The van der Waals surface area contributed by atoms with Crippen LogP contribution >= 0.6 is 0 Å². The third-order valence-electron chi connectivity index (χ3n) is 3.66. The first-order valence-electron chi connectivity index (χ1n) is 6.87. The van der Waals surface area contributed by atoms with Crippen molar-refractivity contribution in [1.82, 2.24) is 9.88 Å². The fourth-order valence-corrected chi connectivity index (χ4v) is 2.45. The first-order valence-corrected chi connectivity index (χ1v) is 6.87. The lowest BCUT2D eigenvalue weighted by Gasteiger charge is -2.36. The minimum absolute atomic E-state index is 0.0451. The van der Waals surface area contributed by atoms with Gasteiger partial charge in [0.05, 0.1) is 12.1 Å². The molecule has 2 N–H and O–H groups in total. The lowest BCUT2D eigenvalue weighted by molar-refractivity contribution is 0.0123. The SMILES string of the molecule is CCCn1cccc1C(=O)NC1(CO)CCOCC1. The van der Waals surface area contributed by atoms with Crippen LogP contribution in [0.2, 0.25) is 0 Å². The predicted octanol–water partition coefficient (Wildman–Crippen LogP) is 1.17. The molecule has 2 heterocycles. The Balaban J connectivity index is 2.08. The van der Waals surface area contributed by atoms with Gasteiger partial charge in [-0.25, -0.2) is 0 Å². The highest BCUT2D eigenvalue weighted by Crippen LogP contribution is 2.20. The normalized spacial score (nSPS) is 18.2. The molecule has 5 nitrogen and oxygen atoms in total. The maximum absolute atomic E-state index is 12.3. The average molecular weight is 266 g/mol. The number of hydrogen-bond donors (Lipinski definition) is 2. The maximum atomic E-state index is 12.3. The average Bonchev–Trinajstić information content (AvgIpc) is 2.88. The van der Waals surface area contributed by atoms with Crippen LogP contribution in [0.5, 0.6) is 0 Å². The van der Waals surface area contributed by atoms with E-state index in [0.717, 1.165) is 13.0 Å². The Labute approximate surface area is 113 Å². The molecule has 0 spiro atoms. The highest BCUT2D eigenvalue weighted by Gasteiger charge is 2.34. The minimum Gasteiger partial charge on any atom is -0.394 e. The van der Waals surface area contributed by atoms with Crippen molar-refractivity contribution in [2.45, 2.75) is 38.3 Å². The number of carbonyl (C=O) groups is 1. The molecule has 0 aromatic carbocycles. The van der Waals surface area contributed by atoms with Crippen LogP contribution in [0.25, 0.3) is 0 Å². The van der Waals surface area contributed by atoms with Crippen molar-refractivity contribution in [3.63, 3.8) is 0 Å². The molecule has 0 atom stereocenters. The van der Waals surface area contributed by atoms with Crippen LogP contribution in [0, 0.1) is 0 Å². The van der Waals surface area contributed by atoms with E-state index in [4.69, 9.17) is 4.74 Å². The van der Waals surface area contributed by atoms with Gasteiger partial charge in [0.1, 0.15) is 5.69 Å². The number of aliphatic hydroxyl groups is 1. The number of nitrogens with one attached hydrogen (secondary N) is 1. The van der Waals surface area contributed by atoms with Gasteiger partial charge in [0.25, 0.3) is 5.91 Å². The van der Waals surface area contributed by atoms with E-state index in [9.17, 15) is 9.90 Å². The fraction of sp³-hybridized carbons (Fsp3) is 0.643. The van der Waals surface area contributed by atoms with Crippen molar-refractivity contribution in [2.75, 3.05) is 19.8 Å². The van der Waals surface area contributed by atoms with E-state index < -0.39 is 5.54 Å². The standard InChI is InChI=1S/C14H22N2O3/c1-2-7-16-8-3-4-12(16)13(18)15-14(11-17)5-9-19-10-6-14/h3-4,8,17H,2,5-7,9-11H2,1H3,(H,15,18). The smallest absolute Gasteiger partial charge is 0.268 e. The van der Waals surface area contributed by atoms with Crippen LogP contribution in [0.1, 0.15) is 36.7 Å². The highest BCUT2D eigenvalue weighted by molar-refractivity contribution is 5.93. The van der Waals surface area contributed by atoms with Crippen molar-refractivity contribution in [3.8, 4) is 0 Å². The van der Waals surface area contributed by atoms with Gasteiger partial charge in [-0.15, -0.1) is 0 Å². The molecule has 1 aromatic rings. The number of aliphatic hydroxyl groups excluding tert-OH is 1. The van der Waals surface area contributed by atoms with Gasteiger partial charge < -0.3 is 19.7 Å². The van der Waals surface area contributed by atoms with E-state index in [2.05, 4.69) is 12.2 Å². The molecule has 1 aliphatic rings. The summed E-state index contributed by atoms with van der Waals surface area (Å²) in [6.07, 6.45) is 4.20. The van der Waals surface area contributed by atoms with Crippen molar-refractivity contribution >= 4 is 5.91 Å². The maximum Gasteiger partial charge on any atom is 0.268 e. The van der Waals surface area contributed by atoms with Crippen LogP contribution < -0.4 is 5.32 Å². The number of hydrogen-bond acceptors (Lipinski definition) is 3. The lowest BCUT2D eigenvalue weighted by atomic mass is 9.91. The van der Waals surface area contributed by atoms with Gasteiger partial charge >= 0.3 is 0 Å². The second-order valence-electron chi connectivity index (χ2n) is 5.09. The molecule has 5 heteroatoms. The number of carbonyl (C=O) groups excluding carboxylic acids is 1. The first-order chi connectivity index (χ1) is 9.21. The summed E-state index contributed by atoms with van der Waals surface area (Å²) in [7, 11) is 0. The fourth-order valence-electron chi connectivity index (χ4n) is 2.45. The minimum atomic E-state index is -0.531. The Morgan fingerprint density at radius 3 is 2.89 bits per heavy atom. The van der Waals surface area contributed by atoms with Crippen LogP contribution in [-0.2, 0) is 11.3 Å². The molecule has 19 heavy (non-hydrogen) atoms. The number of aryl methyl sites for hydroxylation is 1. The monoisotopic (exact) mass is 266 g/mol. The van der Waals surface area contributed by atoms with Gasteiger partial charge in [-0.3, -0.25) is 4.79 Å². The first kappa shape index (κ1) is 14.1. The van der Waals surface area contributed by atoms with Crippen molar-refractivity contribution in [3.05, 3.63) is 24.0 Å². The van der Waals surface area contributed by atoms with Crippen molar-refractivity contribution in [2.24, 2.45) is 0 Å². The van der Waals surface area contributed by atoms with Gasteiger partial charge in [0, 0.05) is 26.0 Å². The van der Waals surface area contributed by atoms with E-state index in [-0.39, 0.29) is 12.5 Å². The van der Waals surface area contributed by atoms with Gasteiger partial charge in [0.2, 0.25) is 0 Å². The third kappa shape index (κ3) is 3.16. The lowest BCUT2D eigenvalue weighted by Crippen LogP contribution is -2.54. The molecule has 1 amide bonds. The zero-order valence-corrected chi connectivity index (χ0v) is 11.4. The molecular formula is C14H22N2O3. The molecule has 1 aliphatic heterocycles. The second-order valence-corrected chi connectivity index (χ2v) is 5.09. The summed E-state index contributed by atoms with van der Waals surface area (Å²) in [6, 6.07) is 3.69. The molecule has 106 valence electrons. The molecule has 1 fully saturated rings. The number of amides is 1. The van der Waals surface area contributed by atoms with Crippen LogP contribution in [-0.4, -0.2) is 40.9 Å². The third-order valence-corrected chi connectivity index (χ3v) is 3.66. The topological polar surface area (TPSA) is 63.5 Å². The molecule has 1 aromatic heterocycles. The Morgan fingerprint density at radius 2 is 2.26 bits per heavy atom. The Bertz CT molecular complexity index is 422. The van der Waals surface area contributed by atoms with Crippen LogP contribution in [0.3, 0.4) is 0 Å². The van der Waals surface area contributed by atoms with Gasteiger partial charge in [0.15, 0.2) is 0 Å². The second kappa shape index (κ2) is 6.21. The van der Waals surface area contributed by atoms with Gasteiger partial charge in [-0.2, -0.15) is 0 Å².